The van der Waals surface area contributed by atoms with E-state index in [1.807, 2.05) is 6.07 Å². The third-order valence-electron chi connectivity index (χ3n) is 4.47. The maximum absolute atomic E-state index is 12.2. The summed E-state index contributed by atoms with van der Waals surface area (Å²) < 4.78 is 5.72. The Hall–Kier alpha value is -1.63. The van der Waals surface area contributed by atoms with Crippen LogP contribution >= 0.6 is 11.3 Å². The summed E-state index contributed by atoms with van der Waals surface area (Å²) >= 11 is 1.74. The van der Waals surface area contributed by atoms with E-state index in [-0.39, 0.29) is 5.91 Å². The van der Waals surface area contributed by atoms with Crippen molar-refractivity contribution >= 4 is 17.2 Å². The van der Waals surface area contributed by atoms with E-state index in [0.29, 0.717) is 12.3 Å². The molecule has 0 aliphatic carbocycles. The average Bonchev–Trinajstić information content (AvgIpc) is 3.19. The predicted molar refractivity (Wildman–Crippen MR) is 96.6 cm³/mol. The summed E-state index contributed by atoms with van der Waals surface area (Å²) in [6, 6.07) is 5.80. The molecule has 1 aliphatic rings. The second-order valence-corrected chi connectivity index (χ2v) is 7.38. The van der Waals surface area contributed by atoms with Crippen LogP contribution in [0.3, 0.4) is 0 Å². The van der Waals surface area contributed by atoms with Crippen LogP contribution in [-0.4, -0.2) is 55.5 Å². The minimum absolute atomic E-state index is 0.131. The lowest BCUT2D eigenvalue weighted by molar-refractivity contribution is 0.0919. The number of hydrogen-bond acceptors (Lipinski definition) is 5. The van der Waals surface area contributed by atoms with E-state index in [1.165, 1.54) is 10.4 Å². The highest BCUT2D eigenvalue weighted by Crippen LogP contribution is 2.16. The third kappa shape index (κ3) is 4.47. The molecule has 2 aromatic heterocycles. The van der Waals surface area contributed by atoms with Crippen molar-refractivity contribution in [3.05, 3.63) is 45.5 Å². The summed E-state index contributed by atoms with van der Waals surface area (Å²) in [5.41, 5.74) is 1.29. The largest absolute Gasteiger partial charge is 0.455 e. The van der Waals surface area contributed by atoms with Gasteiger partial charge in [-0.2, -0.15) is 0 Å². The van der Waals surface area contributed by atoms with Crippen LogP contribution in [0.5, 0.6) is 0 Å². The number of nitrogens with one attached hydrogen (secondary N) is 1. The minimum atomic E-state index is -0.131. The lowest BCUT2D eigenvalue weighted by Gasteiger charge is -2.31. The fraction of sp³-hybridized carbons (Fsp3) is 0.500. The highest BCUT2D eigenvalue weighted by molar-refractivity contribution is 7.10. The number of hydrogen-bond donors (Lipinski definition) is 1. The Kier molecular flexibility index (Phi) is 5.71. The first kappa shape index (κ1) is 17.2. The zero-order valence-electron chi connectivity index (χ0n) is 14.4. The standard InChI is InChI=1S/C18H25N3O2S/c1-14-6-12-24-17(14)5-7-19-18(22)16-4-3-15(23-16)13-21-10-8-20(2)9-11-21/h3-4,6,12H,5,7-11,13H2,1-2H3,(H,19,22). The number of amides is 1. The second kappa shape index (κ2) is 7.96. The van der Waals surface area contributed by atoms with Gasteiger partial charge in [-0.3, -0.25) is 9.69 Å². The van der Waals surface area contributed by atoms with Crippen LogP contribution in [0.4, 0.5) is 0 Å². The Bertz CT molecular complexity index is 671. The Balaban J connectivity index is 1.46. The lowest BCUT2D eigenvalue weighted by atomic mass is 10.2. The van der Waals surface area contributed by atoms with Crippen molar-refractivity contribution in [2.45, 2.75) is 19.9 Å². The number of nitrogens with zero attached hydrogens (tertiary/aromatic N) is 2. The molecule has 0 saturated carbocycles. The molecule has 24 heavy (non-hydrogen) atoms. The molecule has 0 unspecified atom stereocenters. The minimum Gasteiger partial charge on any atom is -0.455 e. The molecule has 0 aromatic carbocycles. The Morgan fingerprint density at radius 3 is 2.75 bits per heavy atom. The summed E-state index contributed by atoms with van der Waals surface area (Å²) in [6.45, 7) is 7.75. The number of rotatable bonds is 6. The average molecular weight is 347 g/mol. The van der Waals surface area contributed by atoms with Gasteiger partial charge in [0.25, 0.3) is 5.91 Å². The molecule has 6 heteroatoms. The van der Waals surface area contributed by atoms with Crippen molar-refractivity contribution < 1.29 is 9.21 Å². The summed E-state index contributed by atoms with van der Waals surface area (Å²) in [5.74, 6) is 1.13. The molecular weight excluding hydrogens is 322 g/mol. The van der Waals surface area contributed by atoms with Crippen molar-refractivity contribution in [3.63, 3.8) is 0 Å². The molecule has 0 atom stereocenters. The normalized spacial score (nSPS) is 16.4. The van der Waals surface area contributed by atoms with E-state index < -0.39 is 0 Å². The zero-order valence-corrected chi connectivity index (χ0v) is 15.2. The smallest absolute Gasteiger partial charge is 0.287 e. The number of carbonyl (C=O) groups is 1. The molecule has 1 N–H and O–H groups in total. The molecule has 0 bridgehead atoms. The van der Waals surface area contributed by atoms with Crippen LogP contribution in [0.2, 0.25) is 0 Å². The van der Waals surface area contributed by atoms with Crippen molar-refractivity contribution in [2.24, 2.45) is 0 Å². The fourth-order valence-corrected chi connectivity index (χ4v) is 3.76. The molecule has 1 fully saturated rings. The first-order chi connectivity index (χ1) is 11.6. The zero-order chi connectivity index (χ0) is 16.9. The topological polar surface area (TPSA) is 48.7 Å². The summed E-state index contributed by atoms with van der Waals surface area (Å²) in [5, 5.41) is 5.03. The molecule has 0 radical (unpaired) electrons. The van der Waals surface area contributed by atoms with E-state index in [1.54, 1.807) is 17.4 Å². The molecule has 1 saturated heterocycles. The van der Waals surface area contributed by atoms with Gasteiger partial charge >= 0.3 is 0 Å². The van der Waals surface area contributed by atoms with Crippen molar-refractivity contribution in [2.75, 3.05) is 39.8 Å². The number of piperazine rings is 1. The Morgan fingerprint density at radius 1 is 1.25 bits per heavy atom. The van der Waals surface area contributed by atoms with Crippen LogP contribution < -0.4 is 5.32 Å². The first-order valence-corrected chi connectivity index (χ1v) is 9.30. The van der Waals surface area contributed by atoms with E-state index in [2.05, 4.69) is 40.5 Å². The summed E-state index contributed by atoms with van der Waals surface area (Å²) in [7, 11) is 2.14. The van der Waals surface area contributed by atoms with Gasteiger partial charge in [0.05, 0.1) is 6.54 Å². The van der Waals surface area contributed by atoms with Gasteiger partial charge in [-0.1, -0.05) is 0 Å². The summed E-state index contributed by atoms with van der Waals surface area (Å²) in [4.78, 5) is 18.2. The van der Waals surface area contributed by atoms with Crippen LogP contribution in [0.15, 0.2) is 28.0 Å². The van der Waals surface area contributed by atoms with Gasteiger partial charge in [0.15, 0.2) is 5.76 Å². The molecule has 0 spiro atoms. The Labute approximate surface area is 147 Å². The highest BCUT2D eigenvalue weighted by atomic mass is 32.1. The van der Waals surface area contributed by atoms with Crippen molar-refractivity contribution in [1.29, 1.82) is 0 Å². The molecule has 1 amide bonds. The van der Waals surface area contributed by atoms with Gasteiger partial charge < -0.3 is 14.6 Å². The number of likely N-dealkylation sites (N-methyl/N-ethyl adjacent to an activating group) is 1. The van der Waals surface area contributed by atoms with Gasteiger partial charge in [-0.25, -0.2) is 0 Å². The molecule has 2 aromatic rings. The van der Waals surface area contributed by atoms with Gasteiger partial charge in [0.1, 0.15) is 5.76 Å². The Morgan fingerprint density at radius 2 is 2.04 bits per heavy atom. The number of thiophene rings is 1. The molecule has 130 valence electrons. The molecule has 3 heterocycles. The van der Waals surface area contributed by atoms with Crippen molar-refractivity contribution in [3.8, 4) is 0 Å². The van der Waals surface area contributed by atoms with Gasteiger partial charge in [0.2, 0.25) is 0 Å². The maximum Gasteiger partial charge on any atom is 0.287 e. The van der Waals surface area contributed by atoms with Crippen LogP contribution in [0, 0.1) is 6.92 Å². The molecule has 3 rings (SSSR count). The fourth-order valence-electron chi connectivity index (χ4n) is 2.85. The quantitative estimate of drug-likeness (QED) is 0.872. The van der Waals surface area contributed by atoms with E-state index in [0.717, 1.165) is 44.9 Å². The number of aryl methyl sites for hydroxylation is 1. The second-order valence-electron chi connectivity index (χ2n) is 6.38. The molecule has 5 nitrogen and oxygen atoms in total. The third-order valence-corrected chi connectivity index (χ3v) is 5.55. The van der Waals surface area contributed by atoms with E-state index in [4.69, 9.17) is 4.42 Å². The monoisotopic (exact) mass is 347 g/mol. The number of furan rings is 1. The van der Waals surface area contributed by atoms with Crippen molar-refractivity contribution in [1.82, 2.24) is 15.1 Å². The van der Waals surface area contributed by atoms with Gasteiger partial charge in [-0.15, -0.1) is 11.3 Å². The lowest BCUT2D eigenvalue weighted by Crippen LogP contribution is -2.43. The van der Waals surface area contributed by atoms with Gasteiger partial charge in [-0.05, 0) is 49.5 Å². The summed E-state index contributed by atoms with van der Waals surface area (Å²) in [6.07, 6.45) is 0.865. The van der Waals surface area contributed by atoms with Crippen LogP contribution in [0.1, 0.15) is 26.8 Å². The van der Waals surface area contributed by atoms with E-state index >= 15 is 0 Å². The predicted octanol–water partition coefficient (Wildman–Crippen LogP) is 2.37. The first-order valence-electron chi connectivity index (χ1n) is 8.42. The van der Waals surface area contributed by atoms with Crippen LogP contribution in [-0.2, 0) is 13.0 Å². The SMILES string of the molecule is Cc1ccsc1CCNC(=O)c1ccc(CN2CCN(C)CC2)o1. The van der Waals surface area contributed by atoms with Gasteiger partial charge in [0, 0.05) is 37.6 Å². The number of carbonyl (C=O) groups excluding carboxylic acids is 1. The maximum atomic E-state index is 12.2. The highest BCUT2D eigenvalue weighted by Gasteiger charge is 2.17. The molecular formula is C18H25N3O2S. The van der Waals surface area contributed by atoms with Crippen LogP contribution in [0.25, 0.3) is 0 Å². The molecule has 1 aliphatic heterocycles. The van der Waals surface area contributed by atoms with E-state index in [9.17, 15) is 4.79 Å².